The number of hydrogen-bond acceptors (Lipinski definition) is 5. The molecule has 0 radical (unpaired) electrons. The van der Waals surface area contributed by atoms with Gasteiger partial charge >= 0.3 is 6.18 Å². The van der Waals surface area contributed by atoms with Gasteiger partial charge in [-0.2, -0.15) is 13.2 Å². The maximum atomic E-state index is 13.7. The third-order valence-electron chi connectivity index (χ3n) is 8.14. The zero-order valence-electron chi connectivity index (χ0n) is 24.9. The van der Waals surface area contributed by atoms with Gasteiger partial charge in [0.2, 0.25) is 11.5 Å². The van der Waals surface area contributed by atoms with Crippen LogP contribution in [0.1, 0.15) is 48.4 Å². The molecule has 2 heterocycles. The minimum atomic E-state index is -4.67. The van der Waals surface area contributed by atoms with Gasteiger partial charge in [0, 0.05) is 47.4 Å². The molecule has 1 amide bonds. The fourth-order valence-corrected chi connectivity index (χ4v) is 7.17. The summed E-state index contributed by atoms with van der Waals surface area (Å²) < 4.78 is 66.7. The van der Waals surface area contributed by atoms with E-state index in [2.05, 4.69) is 15.2 Å². The Bertz CT molecular complexity index is 1880. The van der Waals surface area contributed by atoms with Crippen LogP contribution in [0.5, 0.6) is 0 Å². The van der Waals surface area contributed by atoms with E-state index in [-0.39, 0.29) is 39.5 Å². The lowest BCUT2D eigenvalue weighted by molar-refractivity contribution is -0.136. The number of benzene rings is 3. The first kappa shape index (κ1) is 32.0. The van der Waals surface area contributed by atoms with E-state index < -0.39 is 27.1 Å². The molecule has 0 aliphatic carbocycles. The number of nitrogens with zero attached hydrogens (tertiary/aromatic N) is 1. The SMILES string of the molecule is Cc1ccc(CS(=O)(=O)c2ccc(/C=C/C(=O)NCC[C@H]3CC[C@@H](C)N3c3ccc4[nH]c(=O)cc(C(F)(F)F)c4c3)cc2)cc1. The second-order valence-electron chi connectivity index (χ2n) is 11.5. The number of nitrogens with one attached hydrogen (secondary N) is 2. The van der Waals surface area contributed by atoms with Crippen molar-refractivity contribution >= 4 is 38.4 Å². The molecule has 2 N–H and O–H groups in total. The van der Waals surface area contributed by atoms with Crippen molar-refractivity contribution in [2.24, 2.45) is 0 Å². The number of alkyl halides is 3. The number of halogens is 3. The van der Waals surface area contributed by atoms with Crippen molar-refractivity contribution in [3.63, 3.8) is 0 Å². The first-order valence-electron chi connectivity index (χ1n) is 14.7. The highest BCUT2D eigenvalue weighted by atomic mass is 32.2. The zero-order chi connectivity index (χ0) is 32.4. The average molecular weight is 638 g/mol. The van der Waals surface area contributed by atoms with Crippen molar-refractivity contribution in [3.05, 3.63) is 111 Å². The van der Waals surface area contributed by atoms with Crippen molar-refractivity contribution in [3.8, 4) is 0 Å². The molecule has 236 valence electrons. The lowest BCUT2D eigenvalue weighted by Crippen LogP contribution is -2.37. The van der Waals surface area contributed by atoms with Gasteiger partial charge in [-0.3, -0.25) is 9.59 Å². The van der Waals surface area contributed by atoms with E-state index in [1.165, 1.54) is 30.3 Å². The number of H-pyrrole nitrogens is 1. The molecule has 0 bridgehead atoms. The molecule has 4 aromatic rings. The Labute approximate surface area is 259 Å². The number of fused-ring (bicyclic) bond motifs is 1. The number of rotatable bonds is 9. The molecular weight excluding hydrogens is 603 g/mol. The maximum absolute atomic E-state index is 13.7. The van der Waals surface area contributed by atoms with Crippen molar-refractivity contribution in [2.75, 3.05) is 11.4 Å². The first-order valence-corrected chi connectivity index (χ1v) is 16.3. The van der Waals surface area contributed by atoms with Crippen LogP contribution in [0, 0.1) is 6.92 Å². The highest BCUT2D eigenvalue weighted by Crippen LogP contribution is 2.37. The molecule has 0 spiro atoms. The van der Waals surface area contributed by atoms with Crippen LogP contribution in [-0.4, -0.2) is 37.9 Å². The summed E-state index contributed by atoms with van der Waals surface area (Å²) in [5.74, 6) is -0.411. The van der Waals surface area contributed by atoms with Gasteiger partial charge in [0.25, 0.3) is 0 Å². The Balaban J connectivity index is 1.18. The molecule has 1 aromatic heterocycles. The second-order valence-corrected chi connectivity index (χ2v) is 13.5. The Morgan fingerprint density at radius 3 is 2.42 bits per heavy atom. The predicted molar refractivity (Wildman–Crippen MR) is 170 cm³/mol. The summed E-state index contributed by atoms with van der Waals surface area (Å²) in [6.45, 7) is 4.32. The van der Waals surface area contributed by atoms with Crippen LogP contribution in [0.25, 0.3) is 17.0 Å². The van der Waals surface area contributed by atoms with Crippen LogP contribution in [0.4, 0.5) is 18.9 Å². The number of amides is 1. The number of pyridine rings is 1. The van der Waals surface area contributed by atoms with E-state index in [0.717, 1.165) is 18.4 Å². The molecule has 1 saturated heterocycles. The van der Waals surface area contributed by atoms with E-state index >= 15 is 0 Å². The Morgan fingerprint density at radius 2 is 1.73 bits per heavy atom. The van der Waals surface area contributed by atoms with Crippen molar-refractivity contribution in [1.82, 2.24) is 10.3 Å². The molecule has 11 heteroatoms. The summed E-state index contributed by atoms with van der Waals surface area (Å²) in [6, 6.07) is 19.1. The summed E-state index contributed by atoms with van der Waals surface area (Å²) in [7, 11) is -3.52. The van der Waals surface area contributed by atoms with Crippen LogP contribution in [0.3, 0.4) is 0 Å². The number of sulfone groups is 1. The molecule has 0 unspecified atom stereocenters. The van der Waals surface area contributed by atoms with Gasteiger partial charge in [0.1, 0.15) is 0 Å². The van der Waals surface area contributed by atoms with Gasteiger partial charge in [-0.15, -0.1) is 0 Å². The highest BCUT2D eigenvalue weighted by molar-refractivity contribution is 7.90. The fraction of sp³-hybridized carbons (Fsp3) is 0.294. The lowest BCUT2D eigenvalue weighted by atomic mass is 10.1. The van der Waals surface area contributed by atoms with Crippen LogP contribution in [0.2, 0.25) is 0 Å². The largest absolute Gasteiger partial charge is 0.417 e. The van der Waals surface area contributed by atoms with Crippen LogP contribution in [-0.2, 0) is 26.6 Å². The van der Waals surface area contributed by atoms with Gasteiger partial charge in [-0.05, 0) is 80.6 Å². The van der Waals surface area contributed by atoms with Crippen LogP contribution < -0.4 is 15.8 Å². The molecule has 0 saturated carbocycles. The van der Waals surface area contributed by atoms with Gasteiger partial charge in [0.05, 0.1) is 16.2 Å². The summed E-state index contributed by atoms with van der Waals surface area (Å²) in [5.41, 5.74) is 1.42. The third kappa shape index (κ3) is 7.65. The van der Waals surface area contributed by atoms with Gasteiger partial charge in [-0.25, -0.2) is 8.42 Å². The number of carbonyl (C=O) groups excluding carboxylic acids is 1. The fourth-order valence-electron chi connectivity index (χ4n) is 5.82. The quantitative estimate of drug-likeness (QED) is 0.207. The van der Waals surface area contributed by atoms with E-state index in [4.69, 9.17) is 0 Å². The Kier molecular flexibility index (Phi) is 9.20. The number of carbonyl (C=O) groups is 1. The molecule has 3 aromatic carbocycles. The minimum absolute atomic E-state index is 0.00762. The Morgan fingerprint density at radius 1 is 1.02 bits per heavy atom. The molecule has 5 rings (SSSR count). The predicted octanol–water partition coefficient (Wildman–Crippen LogP) is 6.41. The maximum Gasteiger partial charge on any atom is 0.417 e. The summed E-state index contributed by atoms with van der Waals surface area (Å²) in [5, 5.41) is 2.80. The minimum Gasteiger partial charge on any atom is -0.366 e. The van der Waals surface area contributed by atoms with Crippen molar-refractivity contribution < 1.29 is 26.4 Å². The highest BCUT2D eigenvalue weighted by Gasteiger charge is 2.35. The molecule has 45 heavy (non-hydrogen) atoms. The van der Waals surface area contributed by atoms with Crippen molar-refractivity contribution in [1.29, 1.82) is 0 Å². The first-order chi connectivity index (χ1) is 21.3. The molecule has 7 nitrogen and oxygen atoms in total. The van der Waals surface area contributed by atoms with Gasteiger partial charge in [-0.1, -0.05) is 42.0 Å². The number of aromatic nitrogens is 1. The molecule has 1 aliphatic heterocycles. The van der Waals surface area contributed by atoms with Crippen LogP contribution >= 0.6 is 0 Å². The summed E-state index contributed by atoms with van der Waals surface area (Å²) >= 11 is 0. The van der Waals surface area contributed by atoms with Gasteiger partial charge < -0.3 is 15.2 Å². The molecule has 1 aliphatic rings. The molecule has 2 atom stereocenters. The van der Waals surface area contributed by atoms with E-state index in [9.17, 15) is 31.2 Å². The summed E-state index contributed by atoms with van der Waals surface area (Å²) in [4.78, 5) is 29.1. The second kappa shape index (κ2) is 12.9. The van der Waals surface area contributed by atoms with Crippen LogP contribution in [0.15, 0.2) is 88.6 Å². The van der Waals surface area contributed by atoms with Crippen molar-refractivity contribution in [2.45, 2.75) is 62.0 Å². The van der Waals surface area contributed by atoms with E-state index in [0.29, 0.717) is 35.8 Å². The van der Waals surface area contributed by atoms with E-state index in [1.54, 1.807) is 36.4 Å². The third-order valence-corrected chi connectivity index (χ3v) is 9.84. The topological polar surface area (TPSA) is 99.3 Å². The number of anilines is 1. The van der Waals surface area contributed by atoms with E-state index in [1.807, 2.05) is 26.0 Å². The Hall–Kier alpha value is -4.38. The molecule has 1 fully saturated rings. The smallest absolute Gasteiger partial charge is 0.366 e. The monoisotopic (exact) mass is 637 g/mol. The lowest BCUT2D eigenvalue weighted by Gasteiger charge is -2.31. The number of aromatic amines is 1. The normalized spacial score (nSPS) is 17.3. The van der Waals surface area contributed by atoms with Gasteiger partial charge in [0.15, 0.2) is 9.84 Å². The standard InChI is InChI=1S/C34H34F3N3O4S/c1-22-3-6-25(7-4-22)21-45(43,44)28-13-8-24(9-14-28)10-16-32(41)38-18-17-26-11-5-23(2)40(26)27-12-15-31-29(19-27)30(34(35,36)37)20-33(42)39-31/h3-4,6-10,12-16,19-20,23,26H,5,11,17-18,21H2,1-2H3,(H,38,41)(H,39,42)/b16-10+/t23-,26-/m1/s1. The average Bonchev–Trinajstić information content (AvgIpc) is 3.36. The molecular formula is C34H34F3N3O4S. The summed E-state index contributed by atoms with van der Waals surface area (Å²) in [6.07, 6.45) is 0.585. The number of aryl methyl sites for hydroxylation is 1. The number of hydrogen-bond donors (Lipinski definition) is 2. The zero-order valence-corrected chi connectivity index (χ0v) is 25.7.